The molecule has 1 saturated heterocycles. The van der Waals surface area contributed by atoms with Gasteiger partial charge in [0, 0.05) is 24.9 Å². The van der Waals surface area contributed by atoms with Crippen molar-refractivity contribution in [3.8, 4) is 0 Å². The van der Waals surface area contributed by atoms with Crippen LogP contribution in [0.5, 0.6) is 0 Å². The van der Waals surface area contributed by atoms with E-state index in [0.717, 1.165) is 6.42 Å². The van der Waals surface area contributed by atoms with Crippen LogP contribution >= 0.6 is 31.8 Å². The molecule has 0 N–H and O–H groups in total. The number of hydrogen-bond donors (Lipinski definition) is 1. The number of thiol groups is 1. The summed E-state index contributed by atoms with van der Waals surface area (Å²) in [6, 6.07) is 0. The molecule has 6 nitrogen and oxygen atoms in total. The van der Waals surface area contributed by atoms with Crippen LogP contribution in [0.2, 0.25) is 0 Å². The number of esters is 1. The number of ether oxygens (including phenoxy) is 1. The van der Waals surface area contributed by atoms with Gasteiger partial charge in [0.05, 0.1) is 18.1 Å². The van der Waals surface area contributed by atoms with Crippen molar-refractivity contribution < 1.29 is 27.6 Å². The molecule has 0 saturated carbocycles. The zero-order chi connectivity index (χ0) is 24.1. The second kappa shape index (κ2) is 12.6. The van der Waals surface area contributed by atoms with Crippen molar-refractivity contribution in [2.45, 2.75) is 92.6 Å². The summed E-state index contributed by atoms with van der Waals surface area (Å²) in [7, 11) is 4.53. The fourth-order valence-corrected chi connectivity index (χ4v) is 6.35. The van der Waals surface area contributed by atoms with Crippen LogP contribution in [0.3, 0.4) is 0 Å². The Morgan fingerprint density at radius 2 is 1.61 bits per heavy atom. The van der Waals surface area contributed by atoms with Crippen molar-refractivity contribution >= 4 is 43.6 Å². The van der Waals surface area contributed by atoms with Gasteiger partial charge in [0.25, 0.3) is 0 Å². The number of rotatable bonds is 4. The first-order chi connectivity index (χ1) is 14.4. The fourth-order valence-electron chi connectivity index (χ4n) is 5.08. The SMILES string of the molecule is CC[C@H]1OC(=O)[C@H](C)[C@@H](OS)[C@H](C)[C@@H](C)C(C)(C)C[C@@H](C)[C@H](OP)[C@H](C)[C@@H](OP)C1=O. The second-order valence-corrected chi connectivity index (χ2v) is 10.7. The lowest BCUT2D eigenvalue weighted by molar-refractivity contribution is -0.166. The zero-order valence-corrected chi connectivity index (χ0v) is 23.4. The lowest BCUT2D eigenvalue weighted by atomic mass is 9.65. The summed E-state index contributed by atoms with van der Waals surface area (Å²) in [5.74, 6) is -1.10. The van der Waals surface area contributed by atoms with Gasteiger partial charge in [0.2, 0.25) is 5.78 Å². The first kappa shape index (κ1) is 29.3. The van der Waals surface area contributed by atoms with Crippen LogP contribution in [0.15, 0.2) is 0 Å². The van der Waals surface area contributed by atoms with Crippen molar-refractivity contribution in [2.24, 2.45) is 35.0 Å². The van der Waals surface area contributed by atoms with Gasteiger partial charge in [-0.05, 0) is 55.8 Å². The largest absolute Gasteiger partial charge is 0.454 e. The molecule has 2 unspecified atom stereocenters. The fraction of sp³-hybridized carbons (Fsp3) is 0.909. The van der Waals surface area contributed by atoms with Crippen molar-refractivity contribution in [3.05, 3.63) is 0 Å². The maximum Gasteiger partial charge on any atom is 0.312 e. The highest BCUT2D eigenvalue weighted by atomic mass is 32.1. The monoisotopic (exact) mass is 496 g/mol. The molecule has 1 rings (SSSR count). The summed E-state index contributed by atoms with van der Waals surface area (Å²) in [6.07, 6.45) is -1.11. The van der Waals surface area contributed by atoms with Gasteiger partial charge < -0.3 is 18.0 Å². The molecule has 0 aromatic carbocycles. The van der Waals surface area contributed by atoms with Gasteiger partial charge in [-0.25, -0.2) is 0 Å². The third kappa shape index (κ3) is 6.87. The highest BCUT2D eigenvalue weighted by Crippen LogP contribution is 2.43. The van der Waals surface area contributed by atoms with Crippen LogP contribution in [-0.4, -0.2) is 36.2 Å². The topological polar surface area (TPSA) is 71.1 Å². The summed E-state index contributed by atoms with van der Waals surface area (Å²) >= 11 is 4.08. The third-order valence-corrected chi connectivity index (χ3v) is 8.31. The van der Waals surface area contributed by atoms with Crippen molar-refractivity contribution in [2.75, 3.05) is 0 Å². The van der Waals surface area contributed by atoms with Gasteiger partial charge in [0.1, 0.15) is 6.10 Å². The molecular formula is C22H42O6P2S. The molecule has 1 aliphatic rings. The molecule has 0 aliphatic carbocycles. The number of carbonyl (C=O) groups is 2. The summed E-state index contributed by atoms with van der Waals surface area (Å²) in [5.41, 5.74) is -0.0778. The second-order valence-electron chi connectivity index (χ2n) is 9.93. The van der Waals surface area contributed by atoms with Gasteiger partial charge in [0.15, 0.2) is 6.10 Å². The molecule has 0 radical (unpaired) electrons. The Balaban J connectivity index is 3.49. The van der Waals surface area contributed by atoms with Crippen LogP contribution < -0.4 is 0 Å². The molecule has 0 bridgehead atoms. The van der Waals surface area contributed by atoms with E-state index in [0.29, 0.717) is 6.42 Å². The van der Waals surface area contributed by atoms with E-state index in [9.17, 15) is 9.59 Å². The van der Waals surface area contributed by atoms with E-state index in [4.69, 9.17) is 18.0 Å². The quantitative estimate of drug-likeness (QED) is 0.254. The van der Waals surface area contributed by atoms with E-state index in [1.807, 2.05) is 13.8 Å². The molecule has 0 spiro atoms. The molecule has 0 aromatic rings. The Bertz CT molecular complexity index is 605. The molecular weight excluding hydrogens is 454 g/mol. The summed E-state index contributed by atoms with van der Waals surface area (Å²) < 4.78 is 22.5. The average Bonchev–Trinajstić information content (AvgIpc) is 2.71. The molecule has 1 fully saturated rings. The normalized spacial score (nSPS) is 40.8. The van der Waals surface area contributed by atoms with E-state index in [2.05, 4.69) is 66.5 Å². The van der Waals surface area contributed by atoms with E-state index >= 15 is 0 Å². The molecule has 9 heteroatoms. The Hall–Kier alpha value is 0.230. The average molecular weight is 497 g/mol. The Labute approximate surface area is 198 Å². The van der Waals surface area contributed by atoms with Gasteiger partial charge in [-0.3, -0.25) is 9.59 Å². The molecule has 0 aromatic heterocycles. The maximum absolute atomic E-state index is 13.3. The van der Waals surface area contributed by atoms with Crippen LogP contribution in [0.4, 0.5) is 0 Å². The number of cyclic esters (lactones) is 1. The minimum absolute atomic E-state index is 0.0388. The molecule has 182 valence electrons. The maximum atomic E-state index is 13.3. The number of hydrogen-bond acceptors (Lipinski definition) is 7. The van der Waals surface area contributed by atoms with E-state index < -0.39 is 30.2 Å². The van der Waals surface area contributed by atoms with Gasteiger partial charge >= 0.3 is 5.97 Å². The number of Topliss-reactive ketones (excluding diaryl/α,β-unsaturated/α-hetero) is 1. The predicted molar refractivity (Wildman–Crippen MR) is 132 cm³/mol. The number of ketones is 1. The minimum Gasteiger partial charge on any atom is -0.454 e. The lowest BCUT2D eigenvalue weighted by Crippen LogP contribution is -2.48. The first-order valence-corrected chi connectivity index (χ1v) is 12.4. The molecule has 1 aliphatic heterocycles. The molecule has 31 heavy (non-hydrogen) atoms. The summed E-state index contributed by atoms with van der Waals surface area (Å²) in [5, 5.41) is 0. The van der Waals surface area contributed by atoms with Crippen LogP contribution in [0.25, 0.3) is 0 Å². The molecule has 1 heterocycles. The number of carbonyl (C=O) groups excluding carboxylic acids is 2. The van der Waals surface area contributed by atoms with E-state index in [-0.39, 0.29) is 41.0 Å². The third-order valence-electron chi connectivity index (χ3n) is 7.46. The first-order valence-electron chi connectivity index (χ1n) is 11.1. The molecule has 11 atom stereocenters. The minimum atomic E-state index is -0.893. The van der Waals surface area contributed by atoms with Gasteiger partial charge in [-0.2, -0.15) is 0 Å². The summed E-state index contributed by atoms with van der Waals surface area (Å²) in [4.78, 5) is 26.2. The van der Waals surface area contributed by atoms with Crippen LogP contribution in [0.1, 0.15) is 68.2 Å². The van der Waals surface area contributed by atoms with Crippen LogP contribution in [-0.2, 0) is 27.6 Å². The zero-order valence-electron chi connectivity index (χ0n) is 20.2. The predicted octanol–water partition coefficient (Wildman–Crippen LogP) is 5.07. The van der Waals surface area contributed by atoms with Crippen molar-refractivity contribution in [1.82, 2.24) is 0 Å². The Morgan fingerprint density at radius 1 is 1.03 bits per heavy atom. The standard InChI is InChI=1S/C22H42O6P2S/c1-9-16-17(23)20(27-30)13(4)18(26-29)11(2)10-22(7,8)15(6)12(3)19(28-31)14(5)21(24)25-16/h11-16,18-20,31H,9-10,29-30H2,1-8H3/t11-,12-,13+,14-,15-,16-,18+,19+,20-/m1/s1. The lowest BCUT2D eigenvalue weighted by Gasteiger charge is -2.43. The Morgan fingerprint density at radius 3 is 2.06 bits per heavy atom. The van der Waals surface area contributed by atoms with Crippen LogP contribution in [0, 0.1) is 35.0 Å². The van der Waals surface area contributed by atoms with E-state index in [1.54, 1.807) is 6.92 Å². The summed E-state index contributed by atoms with van der Waals surface area (Å²) in [6.45, 7) is 16.4. The van der Waals surface area contributed by atoms with Gasteiger partial charge in [-0.1, -0.05) is 48.5 Å². The molecule has 0 amide bonds. The van der Waals surface area contributed by atoms with Gasteiger partial charge in [-0.15, -0.1) is 0 Å². The van der Waals surface area contributed by atoms with Crippen molar-refractivity contribution in [1.29, 1.82) is 0 Å². The van der Waals surface area contributed by atoms with Crippen molar-refractivity contribution in [3.63, 3.8) is 0 Å². The smallest absolute Gasteiger partial charge is 0.312 e. The highest BCUT2D eigenvalue weighted by Gasteiger charge is 2.44. The Kier molecular flexibility index (Phi) is 11.9. The van der Waals surface area contributed by atoms with E-state index in [1.165, 1.54) is 0 Å². The highest BCUT2D eigenvalue weighted by molar-refractivity contribution is 7.75.